The summed E-state index contributed by atoms with van der Waals surface area (Å²) in [7, 11) is 0. The molecule has 0 fully saturated rings. The minimum absolute atomic E-state index is 0.300. The van der Waals surface area contributed by atoms with Gasteiger partial charge in [0.15, 0.2) is 0 Å². The van der Waals surface area contributed by atoms with Gasteiger partial charge in [0.1, 0.15) is 0 Å². The van der Waals surface area contributed by atoms with Crippen LogP contribution in [-0.4, -0.2) is 19.8 Å². The molecule has 1 aromatic carbocycles. The van der Waals surface area contributed by atoms with Gasteiger partial charge in [-0.15, -0.1) is 11.3 Å². The molecular weight excluding hydrogens is 254 g/mol. The molecule has 3 heteroatoms. The normalized spacial score (nSPS) is 12.9. The summed E-state index contributed by atoms with van der Waals surface area (Å²) >= 11 is 1.82. The number of hydrogen-bond donors (Lipinski definition) is 1. The quantitative estimate of drug-likeness (QED) is 0.723. The molecule has 0 radical (unpaired) electrons. The Hall–Kier alpha value is -0.900. The molecule has 1 heterocycles. The summed E-state index contributed by atoms with van der Waals surface area (Å²) in [5.74, 6) is 0. The average molecular weight is 277 g/mol. The van der Waals surface area contributed by atoms with Crippen LogP contribution < -0.4 is 5.32 Å². The lowest BCUT2D eigenvalue weighted by Crippen LogP contribution is -2.26. The Labute approximate surface area is 119 Å². The molecule has 0 saturated heterocycles. The van der Waals surface area contributed by atoms with E-state index < -0.39 is 0 Å². The molecule has 19 heavy (non-hydrogen) atoms. The zero-order valence-electron chi connectivity index (χ0n) is 11.8. The summed E-state index contributed by atoms with van der Waals surface area (Å²) < 4.78 is 7.15. The van der Waals surface area contributed by atoms with Crippen LogP contribution in [0.1, 0.15) is 38.3 Å². The van der Waals surface area contributed by atoms with Crippen molar-refractivity contribution in [2.45, 2.75) is 32.7 Å². The Morgan fingerprint density at radius 3 is 2.89 bits per heavy atom. The van der Waals surface area contributed by atoms with Crippen molar-refractivity contribution in [2.24, 2.45) is 0 Å². The first kappa shape index (κ1) is 14.5. The third-order valence-corrected chi connectivity index (χ3v) is 4.14. The first-order chi connectivity index (χ1) is 9.36. The van der Waals surface area contributed by atoms with Crippen LogP contribution in [0.15, 0.2) is 29.6 Å². The van der Waals surface area contributed by atoms with Crippen molar-refractivity contribution >= 4 is 21.4 Å². The van der Waals surface area contributed by atoms with Crippen molar-refractivity contribution in [1.82, 2.24) is 5.32 Å². The van der Waals surface area contributed by atoms with Crippen LogP contribution in [0.3, 0.4) is 0 Å². The lowest BCUT2D eigenvalue weighted by molar-refractivity contribution is 0.112. The van der Waals surface area contributed by atoms with Crippen molar-refractivity contribution in [3.63, 3.8) is 0 Å². The maximum absolute atomic E-state index is 5.76. The van der Waals surface area contributed by atoms with Gasteiger partial charge < -0.3 is 10.1 Å². The molecule has 0 aliphatic heterocycles. The molecule has 1 atom stereocenters. The molecule has 104 valence electrons. The zero-order chi connectivity index (χ0) is 13.5. The standard InChI is InChI=1S/C16H23NOS/c1-3-9-17-15(12-18-10-4-2)14-7-5-6-13-8-11-19-16(13)14/h5-8,11,15,17H,3-4,9-10,12H2,1-2H3. The van der Waals surface area contributed by atoms with Gasteiger partial charge in [0.05, 0.1) is 12.6 Å². The van der Waals surface area contributed by atoms with Crippen LogP contribution in [-0.2, 0) is 4.74 Å². The van der Waals surface area contributed by atoms with E-state index in [0.29, 0.717) is 6.04 Å². The maximum atomic E-state index is 5.76. The highest BCUT2D eigenvalue weighted by atomic mass is 32.1. The van der Waals surface area contributed by atoms with Crippen molar-refractivity contribution in [3.8, 4) is 0 Å². The smallest absolute Gasteiger partial charge is 0.0661 e. The van der Waals surface area contributed by atoms with Crippen LogP contribution in [0.25, 0.3) is 10.1 Å². The van der Waals surface area contributed by atoms with Gasteiger partial charge in [0.25, 0.3) is 0 Å². The molecule has 0 spiro atoms. The van der Waals surface area contributed by atoms with E-state index in [0.717, 1.165) is 32.6 Å². The second-order valence-electron chi connectivity index (χ2n) is 4.77. The Kier molecular flexibility index (Phi) is 5.83. The molecule has 2 rings (SSSR count). The molecule has 1 unspecified atom stereocenters. The minimum Gasteiger partial charge on any atom is -0.379 e. The second-order valence-corrected chi connectivity index (χ2v) is 5.68. The van der Waals surface area contributed by atoms with Gasteiger partial charge >= 0.3 is 0 Å². The predicted octanol–water partition coefficient (Wildman–Crippen LogP) is 4.37. The lowest BCUT2D eigenvalue weighted by atomic mass is 10.1. The third-order valence-electron chi connectivity index (χ3n) is 3.16. The summed E-state index contributed by atoms with van der Waals surface area (Å²) in [6.45, 7) is 6.97. The summed E-state index contributed by atoms with van der Waals surface area (Å²) in [6, 6.07) is 9.03. The van der Waals surface area contributed by atoms with Gasteiger partial charge in [-0.25, -0.2) is 0 Å². The van der Waals surface area contributed by atoms with E-state index in [2.05, 4.69) is 48.8 Å². The SMILES string of the molecule is CCCNC(COCCC)c1cccc2ccsc12. The Bertz CT molecular complexity index is 494. The van der Waals surface area contributed by atoms with E-state index >= 15 is 0 Å². The number of thiophene rings is 1. The van der Waals surface area contributed by atoms with Gasteiger partial charge in [0.2, 0.25) is 0 Å². The van der Waals surface area contributed by atoms with Crippen LogP contribution in [0, 0.1) is 0 Å². The van der Waals surface area contributed by atoms with Gasteiger partial charge in [-0.3, -0.25) is 0 Å². The fraction of sp³-hybridized carbons (Fsp3) is 0.500. The monoisotopic (exact) mass is 277 g/mol. The highest BCUT2D eigenvalue weighted by Crippen LogP contribution is 2.29. The summed E-state index contributed by atoms with van der Waals surface area (Å²) in [6.07, 6.45) is 2.22. The molecular formula is C16H23NOS. The number of hydrogen-bond acceptors (Lipinski definition) is 3. The molecule has 0 aliphatic carbocycles. The Morgan fingerprint density at radius 1 is 1.21 bits per heavy atom. The molecule has 2 nitrogen and oxygen atoms in total. The highest BCUT2D eigenvalue weighted by Gasteiger charge is 2.14. The first-order valence-electron chi connectivity index (χ1n) is 7.14. The average Bonchev–Trinajstić information content (AvgIpc) is 2.91. The van der Waals surface area contributed by atoms with Crippen molar-refractivity contribution < 1.29 is 4.74 Å². The summed E-state index contributed by atoms with van der Waals surface area (Å²) in [5.41, 5.74) is 1.37. The van der Waals surface area contributed by atoms with Crippen molar-refractivity contribution in [1.29, 1.82) is 0 Å². The van der Waals surface area contributed by atoms with E-state index in [1.807, 2.05) is 11.3 Å². The van der Waals surface area contributed by atoms with E-state index in [1.54, 1.807) is 0 Å². The van der Waals surface area contributed by atoms with Crippen LogP contribution >= 0.6 is 11.3 Å². The zero-order valence-corrected chi connectivity index (χ0v) is 12.6. The van der Waals surface area contributed by atoms with E-state index in [9.17, 15) is 0 Å². The van der Waals surface area contributed by atoms with Crippen molar-refractivity contribution in [3.05, 3.63) is 35.2 Å². The largest absolute Gasteiger partial charge is 0.379 e. The number of nitrogens with one attached hydrogen (secondary N) is 1. The number of fused-ring (bicyclic) bond motifs is 1. The van der Waals surface area contributed by atoms with Crippen LogP contribution in [0.5, 0.6) is 0 Å². The molecule has 0 amide bonds. The number of rotatable bonds is 8. The highest BCUT2D eigenvalue weighted by molar-refractivity contribution is 7.17. The molecule has 0 bridgehead atoms. The summed E-state index contributed by atoms with van der Waals surface area (Å²) in [4.78, 5) is 0. The van der Waals surface area contributed by atoms with Gasteiger partial charge in [-0.1, -0.05) is 32.0 Å². The predicted molar refractivity (Wildman–Crippen MR) is 84.0 cm³/mol. The first-order valence-corrected chi connectivity index (χ1v) is 8.02. The lowest BCUT2D eigenvalue weighted by Gasteiger charge is -2.19. The number of ether oxygens (including phenoxy) is 1. The Balaban J connectivity index is 2.17. The van der Waals surface area contributed by atoms with E-state index in [-0.39, 0.29) is 0 Å². The van der Waals surface area contributed by atoms with Gasteiger partial charge in [-0.2, -0.15) is 0 Å². The topological polar surface area (TPSA) is 21.3 Å². The molecule has 0 aliphatic rings. The fourth-order valence-electron chi connectivity index (χ4n) is 2.21. The molecule has 1 N–H and O–H groups in total. The maximum Gasteiger partial charge on any atom is 0.0661 e. The molecule has 0 saturated carbocycles. The fourth-order valence-corrected chi connectivity index (χ4v) is 3.18. The summed E-state index contributed by atoms with van der Waals surface area (Å²) in [5, 5.41) is 7.11. The van der Waals surface area contributed by atoms with Gasteiger partial charge in [0, 0.05) is 11.3 Å². The van der Waals surface area contributed by atoms with Crippen LogP contribution in [0.4, 0.5) is 0 Å². The second kappa shape index (κ2) is 7.63. The van der Waals surface area contributed by atoms with Crippen molar-refractivity contribution in [2.75, 3.05) is 19.8 Å². The van der Waals surface area contributed by atoms with Crippen LogP contribution in [0.2, 0.25) is 0 Å². The van der Waals surface area contributed by atoms with Gasteiger partial charge in [-0.05, 0) is 41.8 Å². The number of benzene rings is 1. The Morgan fingerprint density at radius 2 is 2.11 bits per heavy atom. The van der Waals surface area contributed by atoms with E-state index in [1.165, 1.54) is 15.6 Å². The third kappa shape index (κ3) is 3.78. The minimum atomic E-state index is 0.300. The van der Waals surface area contributed by atoms with E-state index in [4.69, 9.17) is 4.74 Å². The molecule has 1 aromatic heterocycles. The molecule has 2 aromatic rings.